The first-order valence-electron chi connectivity index (χ1n) is 8.66. The Morgan fingerprint density at radius 1 is 1.04 bits per heavy atom. The zero-order valence-corrected chi connectivity index (χ0v) is 14.1. The van der Waals surface area contributed by atoms with E-state index in [2.05, 4.69) is 27.9 Å². The Hall–Kier alpha value is -1.07. The van der Waals surface area contributed by atoms with E-state index in [1.165, 1.54) is 11.3 Å². The van der Waals surface area contributed by atoms with Crippen LogP contribution in [0.2, 0.25) is 5.02 Å². The molecular weight excluding hydrogens is 310 g/mol. The van der Waals surface area contributed by atoms with Crippen molar-refractivity contribution >= 4 is 17.3 Å². The zero-order chi connectivity index (χ0) is 15.6. The van der Waals surface area contributed by atoms with Gasteiger partial charge in [0.2, 0.25) is 0 Å². The number of ether oxygens (including phenoxy) is 1. The second kappa shape index (κ2) is 6.81. The number of hydrazine groups is 1. The van der Waals surface area contributed by atoms with Crippen LogP contribution in [-0.4, -0.2) is 43.4 Å². The highest BCUT2D eigenvalue weighted by atomic mass is 35.5. The monoisotopic (exact) mass is 333 g/mol. The average molecular weight is 334 g/mol. The van der Waals surface area contributed by atoms with Crippen LogP contribution in [0.25, 0.3) is 5.70 Å². The number of hydrogen-bond acceptors (Lipinski definition) is 4. The molecule has 4 nitrogen and oxygen atoms in total. The van der Waals surface area contributed by atoms with E-state index in [0.29, 0.717) is 12.1 Å². The topological polar surface area (TPSA) is 36.5 Å². The Morgan fingerprint density at radius 3 is 2.61 bits per heavy atom. The van der Waals surface area contributed by atoms with Gasteiger partial charge in [-0.1, -0.05) is 23.7 Å². The van der Waals surface area contributed by atoms with Crippen LogP contribution < -0.4 is 10.7 Å². The van der Waals surface area contributed by atoms with E-state index >= 15 is 0 Å². The standard InChI is InChI=1S/C18H24ClN3O/c19-14-3-1-13(2-4-14)18-16-5-9-20-10-6-17(16)21-22(18)15-7-11-23-12-8-15/h1-4,15,17,20-21H,5-12H2. The molecule has 5 heteroatoms. The molecule has 0 bridgehead atoms. The Balaban J connectivity index is 1.72. The van der Waals surface area contributed by atoms with E-state index in [1.54, 1.807) is 5.57 Å². The largest absolute Gasteiger partial charge is 0.381 e. The lowest BCUT2D eigenvalue weighted by Crippen LogP contribution is -2.46. The molecule has 0 saturated carbocycles. The fourth-order valence-electron chi connectivity index (χ4n) is 3.92. The molecular formula is C18H24ClN3O. The molecule has 3 aliphatic heterocycles. The highest BCUT2D eigenvalue weighted by Crippen LogP contribution is 2.36. The molecule has 4 rings (SSSR count). The summed E-state index contributed by atoms with van der Waals surface area (Å²) in [7, 11) is 0. The molecule has 2 N–H and O–H groups in total. The van der Waals surface area contributed by atoms with Crippen molar-refractivity contribution in [1.29, 1.82) is 0 Å². The van der Waals surface area contributed by atoms with Crippen molar-refractivity contribution in [1.82, 2.24) is 15.8 Å². The van der Waals surface area contributed by atoms with Crippen LogP contribution in [0, 0.1) is 0 Å². The molecule has 124 valence electrons. The van der Waals surface area contributed by atoms with E-state index in [1.807, 2.05) is 12.1 Å². The summed E-state index contributed by atoms with van der Waals surface area (Å²) in [6.45, 7) is 3.86. The normalized spacial score (nSPS) is 26.3. The molecule has 1 aromatic carbocycles. The van der Waals surface area contributed by atoms with E-state index in [-0.39, 0.29) is 0 Å². The molecule has 3 aliphatic rings. The summed E-state index contributed by atoms with van der Waals surface area (Å²) in [6, 6.07) is 9.27. The van der Waals surface area contributed by atoms with E-state index in [0.717, 1.165) is 57.0 Å². The molecule has 0 spiro atoms. The van der Waals surface area contributed by atoms with Crippen molar-refractivity contribution in [3.63, 3.8) is 0 Å². The molecule has 2 saturated heterocycles. The third kappa shape index (κ3) is 3.13. The van der Waals surface area contributed by atoms with Gasteiger partial charge in [0.15, 0.2) is 0 Å². The van der Waals surface area contributed by atoms with E-state index in [4.69, 9.17) is 16.3 Å². The Kier molecular flexibility index (Phi) is 4.58. The first-order valence-corrected chi connectivity index (χ1v) is 9.03. The maximum atomic E-state index is 6.10. The summed E-state index contributed by atoms with van der Waals surface area (Å²) < 4.78 is 5.56. The van der Waals surface area contributed by atoms with Gasteiger partial charge in [-0.2, -0.15) is 0 Å². The Morgan fingerprint density at radius 2 is 1.83 bits per heavy atom. The van der Waals surface area contributed by atoms with Gasteiger partial charge in [-0.15, -0.1) is 0 Å². The van der Waals surface area contributed by atoms with Crippen LogP contribution in [0.1, 0.15) is 31.2 Å². The molecule has 0 amide bonds. The van der Waals surface area contributed by atoms with Gasteiger partial charge >= 0.3 is 0 Å². The number of nitrogens with zero attached hydrogens (tertiary/aromatic N) is 1. The van der Waals surface area contributed by atoms with Gasteiger partial charge in [0.25, 0.3) is 0 Å². The minimum absolute atomic E-state index is 0.457. The summed E-state index contributed by atoms with van der Waals surface area (Å²) in [5.74, 6) is 0. The molecule has 23 heavy (non-hydrogen) atoms. The van der Waals surface area contributed by atoms with Gasteiger partial charge in [0.05, 0.1) is 11.7 Å². The molecule has 1 atom stereocenters. The number of benzene rings is 1. The predicted octanol–water partition coefficient (Wildman–Crippen LogP) is 2.80. The number of fused-ring (bicyclic) bond motifs is 1. The van der Waals surface area contributed by atoms with Crippen molar-refractivity contribution in [3.8, 4) is 0 Å². The highest BCUT2D eigenvalue weighted by molar-refractivity contribution is 6.30. The lowest BCUT2D eigenvalue weighted by molar-refractivity contribution is 0.0392. The van der Waals surface area contributed by atoms with Crippen molar-refractivity contribution < 1.29 is 4.74 Å². The first-order chi connectivity index (χ1) is 11.3. The van der Waals surface area contributed by atoms with Crippen LogP contribution >= 0.6 is 11.6 Å². The molecule has 0 aliphatic carbocycles. The average Bonchev–Trinajstić information content (AvgIpc) is 2.79. The van der Waals surface area contributed by atoms with E-state index in [9.17, 15) is 0 Å². The Bertz CT molecular complexity index is 580. The number of rotatable bonds is 2. The summed E-state index contributed by atoms with van der Waals surface area (Å²) in [5, 5.41) is 6.75. The van der Waals surface area contributed by atoms with Crippen LogP contribution in [0.3, 0.4) is 0 Å². The first kappa shape index (κ1) is 15.5. The quantitative estimate of drug-likeness (QED) is 0.872. The van der Waals surface area contributed by atoms with Gasteiger partial charge in [-0.3, -0.25) is 0 Å². The summed E-state index contributed by atoms with van der Waals surface area (Å²) in [4.78, 5) is 0. The number of halogens is 1. The minimum atomic E-state index is 0.457. The molecule has 0 radical (unpaired) electrons. The molecule has 1 unspecified atom stereocenters. The maximum absolute atomic E-state index is 6.10. The van der Waals surface area contributed by atoms with Crippen LogP contribution in [0.4, 0.5) is 0 Å². The SMILES string of the molecule is Clc1ccc(C2=C3CCNCCC3NN2C2CCOCC2)cc1. The highest BCUT2D eigenvalue weighted by Gasteiger charge is 2.36. The van der Waals surface area contributed by atoms with E-state index < -0.39 is 0 Å². The number of hydrogen-bond donors (Lipinski definition) is 2. The van der Waals surface area contributed by atoms with Gasteiger partial charge < -0.3 is 15.1 Å². The van der Waals surface area contributed by atoms with Crippen molar-refractivity contribution in [2.24, 2.45) is 0 Å². The maximum Gasteiger partial charge on any atom is 0.0604 e. The van der Waals surface area contributed by atoms with Crippen LogP contribution in [0.15, 0.2) is 29.8 Å². The van der Waals surface area contributed by atoms with Gasteiger partial charge in [0, 0.05) is 24.3 Å². The van der Waals surface area contributed by atoms with Crippen LogP contribution in [-0.2, 0) is 4.74 Å². The molecule has 3 heterocycles. The number of nitrogens with one attached hydrogen (secondary N) is 2. The third-order valence-electron chi connectivity index (χ3n) is 5.12. The smallest absolute Gasteiger partial charge is 0.0604 e. The van der Waals surface area contributed by atoms with Crippen LogP contribution in [0.5, 0.6) is 0 Å². The predicted molar refractivity (Wildman–Crippen MR) is 93.1 cm³/mol. The van der Waals surface area contributed by atoms with Crippen molar-refractivity contribution in [3.05, 3.63) is 40.4 Å². The third-order valence-corrected chi connectivity index (χ3v) is 5.37. The Labute approximate surface area is 142 Å². The lowest BCUT2D eigenvalue weighted by atomic mass is 9.97. The second-order valence-electron chi connectivity index (χ2n) is 6.56. The lowest BCUT2D eigenvalue weighted by Gasteiger charge is -2.35. The van der Waals surface area contributed by atoms with Gasteiger partial charge in [-0.25, -0.2) is 5.43 Å². The summed E-state index contributed by atoms with van der Waals surface area (Å²) >= 11 is 6.10. The molecule has 1 aromatic rings. The molecule has 0 aromatic heterocycles. The van der Waals surface area contributed by atoms with Crippen molar-refractivity contribution in [2.45, 2.75) is 37.8 Å². The second-order valence-corrected chi connectivity index (χ2v) is 7.00. The molecule has 2 fully saturated rings. The van der Waals surface area contributed by atoms with Gasteiger partial charge in [0.1, 0.15) is 0 Å². The van der Waals surface area contributed by atoms with Gasteiger partial charge in [-0.05, 0) is 62.0 Å². The summed E-state index contributed by atoms with van der Waals surface area (Å²) in [5.41, 5.74) is 7.99. The fraction of sp³-hybridized carbons (Fsp3) is 0.556. The zero-order valence-electron chi connectivity index (χ0n) is 13.4. The minimum Gasteiger partial charge on any atom is -0.381 e. The summed E-state index contributed by atoms with van der Waals surface area (Å²) in [6.07, 6.45) is 4.42. The van der Waals surface area contributed by atoms with Crippen molar-refractivity contribution in [2.75, 3.05) is 26.3 Å². The fourth-order valence-corrected chi connectivity index (χ4v) is 4.05.